The zero-order chi connectivity index (χ0) is 18.7. The second kappa shape index (κ2) is 7.54. The fourth-order valence-corrected chi connectivity index (χ4v) is 3.85. The molecule has 1 heterocycles. The lowest BCUT2D eigenvalue weighted by atomic mass is 10.0. The smallest absolute Gasteiger partial charge is 0.259 e. The molecule has 3 rings (SSSR count). The number of carbonyl (C=O) groups is 2. The first-order valence-electron chi connectivity index (χ1n) is 8.36. The highest BCUT2D eigenvalue weighted by molar-refractivity contribution is 7.17. The number of hydrogen-bond donors (Lipinski definition) is 2. The SMILES string of the molecule is CC(C)c1cc(-c2ccc(C(=O)Nc3ccccc3)cc2)sc1C(N)=O. The van der Waals surface area contributed by atoms with Crippen molar-refractivity contribution in [2.24, 2.45) is 5.73 Å². The molecule has 0 aliphatic heterocycles. The fraction of sp³-hybridized carbons (Fsp3) is 0.143. The third-order valence-corrected chi connectivity index (χ3v) is 5.28. The molecule has 4 nitrogen and oxygen atoms in total. The molecule has 0 saturated carbocycles. The van der Waals surface area contributed by atoms with E-state index < -0.39 is 5.91 Å². The van der Waals surface area contributed by atoms with Crippen molar-refractivity contribution in [1.29, 1.82) is 0 Å². The predicted octanol–water partition coefficient (Wildman–Crippen LogP) is 4.89. The van der Waals surface area contributed by atoms with Crippen molar-refractivity contribution in [2.45, 2.75) is 19.8 Å². The van der Waals surface area contributed by atoms with Gasteiger partial charge in [0.15, 0.2) is 0 Å². The van der Waals surface area contributed by atoms with Crippen molar-refractivity contribution < 1.29 is 9.59 Å². The lowest BCUT2D eigenvalue weighted by Gasteiger charge is -2.05. The summed E-state index contributed by atoms with van der Waals surface area (Å²) in [6.45, 7) is 4.07. The Bertz CT molecular complexity index is 928. The number of nitrogens with two attached hydrogens (primary N) is 1. The number of primary amides is 1. The first kappa shape index (κ1) is 17.9. The Morgan fingerprint density at radius 2 is 1.65 bits per heavy atom. The molecule has 3 aromatic rings. The molecule has 2 amide bonds. The van der Waals surface area contributed by atoms with Crippen LogP contribution in [0.5, 0.6) is 0 Å². The minimum atomic E-state index is -0.399. The van der Waals surface area contributed by atoms with Crippen LogP contribution in [0.3, 0.4) is 0 Å². The van der Waals surface area contributed by atoms with E-state index in [1.54, 1.807) is 12.1 Å². The molecule has 0 atom stereocenters. The highest BCUT2D eigenvalue weighted by Crippen LogP contribution is 2.35. The second-order valence-corrected chi connectivity index (χ2v) is 7.36. The van der Waals surface area contributed by atoms with Gasteiger partial charge in [0.25, 0.3) is 11.8 Å². The van der Waals surface area contributed by atoms with E-state index in [2.05, 4.69) is 5.32 Å². The molecule has 26 heavy (non-hydrogen) atoms. The quantitative estimate of drug-likeness (QED) is 0.676. The maximum absolute atomic E-state index is 12.3. The number of carbonyl (C=O) groups excluding carboxylic acids is 2. The highest BCUT2D eigenvalue weighted by atomic mass is 32.1. The molecule has 2 aromatic carbocycles. The first-order chi connectivity index (χ1) is 12.5. The fourth-order valence-electron chi connectivity index (χ4n) is 2.68. The zero-order valence-corrected chi connectivity index (χ0v) is 15.5. The van der Waals surface area contributed by atoms with Gasteiger partial charge in [0, 0.05) is 16.1 Å². The van der Waals surface area contributed by atoms with E-state index in [1.807, 2.05) is 62.4 Å². The van der Waals surface area contributed by atoms with Crippen LogP contribution in [-0.2, 0) is 0 Å². The molecule has 0 saturated heterocycles. The molecule has 5 heteroatoms. The monoisotopic (exact) mass is 364 g/mol. The molecule has 132 valence electrons. The van der Waals surface area contributed by atoms with Gasteiger partial charge < -0.3 is 11.1 Å². The number of thiophene rings is 1. The molecule has 0 unspecified atom stereocenters. The molecule has 1 aromatic heterocycles. The lowest BCUT2D eigenvalue weighted by molar-refractivity contribution is 0.1000. The van der Waals surface area contributed by atoms with Gasteiger partial charge in [-0.25, -0.2) is 0 Å². The summed E-state index contributed by atoms with van der Waals surface area (Å²) in [5, 5.41) is 2.86. The summed E-state index contributed by atoms with van der Waals surface area (Å²) < 4.78 is 0. The van der Waals surface area contributed by atoms with E-state index in [0.29, 0.717) is 10.4 Å². The van der Waals surface area contributed by atoms with Crippen LogP contribution in [0.1, 0.15) is 45.4 Å². The average molecular weight is 364 g/mol. The number of rotatable bonds is 5. The van der Waals surface area contributed by atoms with E-state index >= 15 is 0 Å². The average Bonchev–Trinajstić information content (AvgIpc) is 3.09. The van der Waals surface area contributed by atoms with Gasteiger partial charge in [0.05, 0.1) is 4.88 Å². The minimum absolute atomic E-state index is 0.158. The number of benzene rings is 2. The van der Waals surface area contributed by atoms with Crippen LogP contribution in [-0.4, -0.2) is 11.8 Å². The Morgan fingerprint density at radius 3 is 2.19 bits per heavy atom. The van der Waals surface area contributed by atoms with E-state index in [1.165, 1.54) is 11.3 Å². The summed E-state index contributed by atoms with van der Waals surface area (Å²) in [6.07, 6.45) is 0. The Labute approximate surface area is 156 Å². The minimum Gasteiger partial charge on any atom is -0.365 e. The van der Waals surface area contributed by atoms with Crippen LogP contribution in [0.2, 0.25) is 0 Å². The normalized spacial score (nSPS) is 10.7. The van der Waals surface area contributed by atoms with Crippen LogP contribution in [0, 0.1) is 0 Å². The van der Waals surface area contributed by atoms with E-state index in [4.69, 9.17) is 5.73 Å². The van der Waals surface area contributed by atoms with Gasteiger partial charge in [0.2, 0.25) is 0 Å². The summed E-state index contributed by atoms with van der Waals surface area (Å²) in [5.74, 6) is -0.336. The Hall–Kier alpha value is -2.92. The topological polar surface area (TPSA) is 72.2 Å². The summed E-state index contributed by atoms with van der Waals surface area (Å²) in [6, 6.07) is 18.7. The Morgan fingerprint density at radius 1 is 1.00 bits per heavy atom. The summed E-state index contributed by atoms with van der Waals surface area (Å²) >= 11 is 1.39. The molecule has 0 aliphatic carbocycles. The summed E-state index contributed by atoms with van der Waals surface area (Å²) in [7, 11) is 0. The van der Waals surface area contributed by atoms with E-state index in [9.17, 15) is 9.59 Å². The molecule has 0 aliphatic rings. The number of nitrogens with one attached hydrogen (secondary N) is 1. The highest BCUT2D eigenvalue weighted by Gasteiger charge is 2.17. The molecule has 0 bridgehead atoms. The van der Waals surface area contributed by atoms with Crippen molar-refractivity contribution in [3.63, 3.8) is 0 Å². The van der Waals surface area contributed by atoms with Gasteiger partial charge in [0.1, 0.15) is 0 Å². The largest absolute Gasteiger partial charge is 0.365 e. The third kappa shape index (κ3) is 3.83. The third-order valence-electron chi connectivity index (χ3n) is 4.07. The zero-order valence-electron chi connectivity index (χ0n) is 14.7. The lowest BCUT2D eigenvalue weighted by Crippen LogP contribution is -2.11. The van der Waals surface area contributed by atoms with Crippen molar-refractivity contribution in [3.05, 3.63) is 76.7 Å². The summed E-state index contributed by atoms with van der Waals surface area (Å²) in [5.41, 5.74) is 8.75. The second-order valence-electron chi connectivity index (χ2n) is 6.31. The van der Waals surface area contributed by atoms with Gasteiger partial charge in [-0.05, 0) is 47.4 Å². The van der Waals surface area contributed by atoms with Crippen molar-refractivity contribution in [1.82, 2.24) is 0 Å². The summed E-state index contributed by atoms with van der Waals surface area (Å²) in [4.78, 5) is 25.6. The molecular formula is C21H20N2O2S. The van der Waals surface area contributed by atoms with E-state index in [-0.39, 0.29) is 11.8 Å². The molecule has 0 fully saturated rings. The molecule has 0 spiro atoms. The Balaban J connectivity index is 1.82. The van der Waals surface area contributed by atoms with Crippen molar-refractivity contribution >= 4 is 28.8 Å². The van der Waals surface area contributed by atoms with Crippen LogP contribution in [0.15, 0.2) is 60.7 Å². The molecule has 0 radical (unpaired) electrons. The number of anilines is 1. The van der Waals surface area contributed by atoms with Gasteiger partial charge in [-0.2, -0.15) is 0 Å². The van der Waals surface area contributed by atoms with Gasteiger partial charge in [-0.15, -0.1) is 11.3 Å². The first-order valence-corrected chi connectivity index (χ1v) is 9.17. The Kier molecular flexibility index (Phi) is 5.19. The van der Waals surface area contributed by atoms with Crippen LogP contribution < -0.4 is 11.1 Å². The molecular weight excluding hydrogens is 344 g/mol. The van der Waals surface area contributed by atoms with Gasteiger partial charge in [-0.3, -0.25) is 9.59 Å². The maximum Gasteiger partial charge on any atom is 0.259 e. The van der Waals surface area contributed by atoms with Crippen LogP contribution >= 0.6 is 11.3 Å². The van der Waals surface area contributed by atoms with Crippen molar-refractivity contribution in [2.75, 3.05) is 5.32 Å². The van der Waals surface area contributed by atoms with Gasteiger partial charge in [-0.1, -0.05) is 44.2 Å². The number of hydrogen-bond acceptors (Lipinski definition) is 3. The van der Waals surface area contributed by atoms with Crippen LogP contribution in [0.25, 0.3) is 10.4 Å². The molecule has 3 N–H and O–H groups in total. The van der Waals surface area contributed by atoms with E-state index in [0.717, 1.165) is 21.7 Å². The predicted molar refractivity (Wildman–Crippen MR) is 107 cm³/mol. The maximum atomic E-state index is 12.3. The van der Waals surface area contributed by atoms with Crippen molar-refractivity contribution in [3.8, 4) is 10.4 Å². The standard InChI is InChI=1S/C21H20N2O2S/c1-13(2)17-12-18(26-19(17)20(22)24)14-8-10-15(11-9-14)21(25)23-16-6-4-3-5-7-16/h3-13H,1-2H3,(H2,22,24)(H,23,25). The number of para-hydroxylation sites is 1. The van der Waals surface area contributed by atoms with Gasteiger partial charge >= 0.3 is 0 Å². The van der Waals surface area contributed by atoms with Crippen LogP contribution in [0.4, 0.5) is 5.69 Å². The number of amides is 2.